The van der Waals surface area contributed by atoms with E-state index in [4.69, 9.17) is 4.74 Å². The smallest absolute Gasteiger partial charge is 0.0710 e. The van der Waals surface area contributed by atoms with E-state index >= 15 is 0 Å². The number of likely N-dealkylation sites (tertiary alicyclic amines) is 1. The fourth-order valence-electron chi connectivity index (χ4n) is 2.69. The summed E-state index contributed by atoms with van der Waals surface area (Å²) in [5.74, 6) is 0. The molecule has 108 valence electrons. The summed E-state index contributed by atoms with van der Waals surface area (Å²) in [7, 11) is 1.80. The summed E-state index contributed by atoms with van der Waals surface area (Å²) in [5.41, 5.74) is -0.102. The molecule has 2 unspecified atom stereocenters. The molecule has 4 heteroatoms. The number of methoxy groups -OCH3 is 1. The van der Waals surface area contributed by atoms with E-state index in [0.29, 0.717) is 6.10 Å². The summed E-state index contributed by atoms with van der Waals surface area (Å²) in [5, 5.41) is 12.8. The van der Waals surface area contributed by atoms with Crippen LogP contribution >= 0.6 is 0 Å². The molecule has 1 rings (SSSR count). The van der Waals surface area contributed by atoms with Crippen molar-refractivity contribution in [1.82, 2.24) is 10.2 Å². The number of unbranched alkanes of at least 4 members (excludes halogenated alkanes) is 1. The van der Waals surface area contributed by atoms with Crippen LogP contribution < -0.4 is 5.32 Å². The van der Waals surface area contributed by atoms with Gasteiger partial charge in [0, 0.05) is 25.7 Å². The van der Waals surface area contributed by atoms with Crippen molar-refractivity contribution in [3.8, 4) is 0 Å². The maximum absolute atomic E-state index is 9.40. The number of aliphatic hydroxyl groups is 1. The highest BCUT2D eigenvalue weighted by atomic mass is 16.5. The van der Waals surface area contributed by atoms with Crippen molar-refractivity contribution >= 4 is 0 Å². The summed E-state index contributed by atoms with van der Waals surface area (Å²) in [6.45, 7) is 8.74. The van der Waals surface area contributed by atoms with E-state index in [1.807, 2.05) is 0 Å². The van der Waals surface area contributed by atoms with Gasteiger partial charge in [0.25, 0.3) is 0 Å². The fraction of sp³-hybridized carbons (Fsp3) is 1.00. The summed E-state index contributed by atoms with van der Waals surface area (Å²) >= 11 is 0. The molecule has 0 saturated carbocycles. The molecule has 0 amide bonds. The van der Waals surface area contributed by atoms with Gasteiger partial charge < -0.3 is 20.1 Å². The van der Waals surface area contributed by atoms with E-state index < -0.39 is 0 Å². The molecule has 0 aliphatic carbocycles. The standard InChI is InChI=1S/C14H30N2O2/c1-4-15-14(2,12-17)8-5-6-9-16-10-7-13(11-16)18-3/h13,15,17H,4-12H2,1-3H3. The Bertz CT molecular complexity index is 226. The third kappa shape index (κ3) is 5.22. The van der Waals surface area contributed by atoms with Gasteiger partial charge in [0.05, 0.1) is 12.7 Å². The van der Waals surface area contributed by atoms with Crippen molar-refractivity contribution < 1.29 is 9.84 Å². The highest BCUT2D eigenvalue weighted by Gasteiger charge is 2.23. The molecule has 0 aromatic rings. The fourth-order valence-corrected chi connectivity index (χ4v) is 2.69. The average molecular weight is 258 g/mol. The van der Waals surface area contributed by atoms with Crippen LogP contribution in [-0.2, 0) is 4.74 Å². The lowest BCUT2D eigenvalue weighted by molar-refractivity contribution is 0.107. The Labute approximate surface area is 112 Å². The molecule has 1 saturated heterocycles. The van der Waals surface area contributed by atoms with Crippen LogP contribution in [0.15, 0.2) is 0 Å². The van der Waals surface area contributed by atoms with E-state index in [2.05, 4.69) is 24.1 Å². The second-order valence-corrected chi connectivity index (χ2v) is 5.65. The molecule has 0 aromatic heterocycles. The van der Waals surface area contributed by atoms with Gasteiger partial charge in [-0.3, -0.25) is 0 Å². The van der Waals surface area contributed by atoms with Crippen LogP contribution in [0, 0.1) is 0 Å². The predicted molar refractivity (Wildman–Crippen MR) is 74.9 cm³/mol. The Morgan fingerprint density at radius 3 is 2.78 bits per heavy atom. The first-order valence-corrected chi connectivity index (χ1v) is 7.24. The largest absolute Gasteiger partial charge is 0.394 e. The first kappa shape index (κ1) is 15.9. The molecular weight excluding hydrogens is 228 g/mol. The van der Waals surface area contributed by atoms with Crippen LogP contribution in [0.3, 0.4) is 0 Å². The highest BCUT2D eigenvalue weighted by Crippen LogP contribution is 2.16. The van der Waals surface area contributed by atoms with Crippen molar-refractivity contribution in [1.29, 1.82) is 0 Å². The van der Waals surface area contributed by atoms with Gasteiger partial charge in [-0.15, -0.1) is 0 Å². The first-order valence-electron chi connectivity index (χ1n) is 7.24. The van der Waals surface area contributed by atoms with E-state index in [1.54, 1.807) is 7.11 Å². The van der Waals surface area contributed by atoms with Crippen LogP contribution in [0.2, 0.25) is 0 Å². The van der Waals surface area contributed by atoms with Gasteiger partial charge in [-0.25, -0.2) is 0 Å². The Hall–Kier alpha value is -0.160. The van der Waals surface area contributed by atoms with Crippen LogP contribution in [0.4, 0.5) is 0 Å². The normalized spacial score (nSPS) is 24.3. The lowest BCUT2D eigenvalue weighted by Crippen LogP contribution is -2.45. The van der Waals surface area contributed by atoms with Crippen molar-refractivity contribution in [2.75, 3.05) is 39.9 Å². The number of rotatable bonds is 9. The molecule has 1 aliphatic heterocycles. The number of likely N-dealkylation sites (N-methyl/N-ethyl adjacent to an activating group) is 1. The van der Waals surface area contributed by atoms with Crippen molar-refractivity contribution in [2.45, 2.75) is 51.2 Å². The van der Waals surface area contributed by atoms with Crippen LogP contribution in [0.25, 0.3) is 0 Å². The van der Waals surface area contributed by atoms with Gasteiger partial charge in [0.15, 0.2) is 0 Å². The molecule has 1 aliphatic rings. The van der Waals surface area contributed by atoms with Gasteiger partial charge >= 0.3 is 0 Å². The van der Waals surface area contributed by atoms with Crippen LogP contribution in [0.5, 0.6) is 0 Å². The van der Waals surface area contributed by atoms with Crippen molar-refractivity contribution in [2.24, 2.45) is 0 Å². The second-order valence-electron chi connectivity index (χ2n) is 5.65. The SMILES string of the molecule is CCNC(C)(CO)CCCCN1CCC(OC)C1. The summed E-state index contributed by atoms with van der Waals surface area (Å²) in [6, 6.07) is 0. The minimum absolute atomic E-state index is 0.102. The molecular formula is C14H30N2O2. The number of hydrogen-bond acceptors (Lipinski definition) is 4. The van der Waals surface area contributed by atoms with Gasteiger partial charge in [-0.1, -0.05) is 13.3 Å². The Morgan fingerprint density at radius 2 is 2.22 bits per heavy atom. The van der Waals surface area contributed by atoms with Crippen molar-refractivity contribution in [3.05, 3.63) is 0 Å². The molecule has 0 spiro atoms. The molecule has 2 atom stereocenters. The maximum atomic E-state index is 9.40. The third-order valence-electron chi connectivity index (χ3n) is 3.97. The van der Waals surface area contributed by atoms with Gasteiger partial charge in [0.1, 0.15) is 0 Å². The monoisotopic (exact) mass is 258 g/mol. The number of aliphatic hydroxyl groups excluding tert-OH is 1. The molecule has 0 radical (unpaired) electrons. The van der Waals surface area contributed by atoms with Gasteiger partial charge in [-0.05, 0) is 39.3 Å². The average Bonchev–Trinajstić information content (AvgIpc) is 2.83. The summed E-state index contributed by atoms with van der Waals surface area (Å²) < 4.78 is 5.37. The highest BCUT2D eigenvalue weighted by molar-refractivity contribution is 4.82. The van der Waals surface area contributed by atoms with Crippen LogP contribution in [0.1, 0.15) is 39.5 Å². The summed E-state index contributed by atoms with van der Waals surface area (Å²) in [4.78, 5) is 2.48. The zero-order valence-electron chi connectivity index (χ0n) is 12.2. The molecule has 0 aromatic carbocycles. The van der Waals surface area contributed by atoms with Gasteiger partial charge in [-0.2, -0.15) is 0 Å². The van der Waals surface area contributed by atoms with E-state index in [1.165, 1.54) is 19.4 Å². The zero-order valence-corrected chi connectivity index (χ0v) is 12.2. The molecule has 1 fully saturated rings. The van der Waals surface area contributed by atoms with E-state index in [0.717, 1.165) is 32.5 Å². The minimum Gasteiger partial charge on any atom is -0.394 e. The topological polar surface area (TPSA) is 44.7 Å². The number of ether oxygens (including phenoxy) is 1. The van der Waals surface area contributed by atoms with Gasteiger partial charge in [0.2, 0.25) is 0 Å². The zero-order chi connectivity index (χ0) is 13.4. The number of hydrogen-bond donors (Lipinski definition) is 2. The quantitative estimate of drug-likeness (QED) is 0.611. The maximum Gasteiger partial charge on any atom is 0.0710 e. The van der Waals surface area contributed by atoms with Crippen LogP contribution in [-0.4, -0.2) is 61.5 Å². The Morgan fingerprint density at radius 1 is 1.44 bits per heavy atom. The van der Waals surface area contributed by atoms with Crippen molar-refractivity contribution in [3.63, 3.8) is 0 Å². The third-order valence-corrected chi connectivity index (χ3v) is 3.97. The van der Waals surface area contributed by atoms with E-state index in [-0.39, 0.29) is 12.1 Å². The number of nitrogens with zero attached hydrogens (tertiary/aromatic N) is 1. The summed E-state index contributed by atoms with van der Waals surface area (Å²) in [6.07, 6.45) is 5.02. The molecule has 4 nitrogen and oxygen atoms in total. The second kappa shape index (κ2) is 8.10. The Kier molecular flexibility index (Phi) is 7.15. The lowest BCUT2D eigenvalue weighted by Gasteiger charge is -2.28. The minimum atomic E-state index is -0.102. The predicted octanol–water partition coefficient (Wildman–Crippen LogP) is 1.24. The molecule has 2 N–H and O–H groups in total. The van der Waals surface area contributed by atoms with E-state index in [9.17, 15) is 5.11 Å². The molecule has 1 heterocycles. The molecule has 18 heavy (non-hydrogen) atoms. The Balaban J connectivity index is 2.11. The lowest BCUT2D eigenvalue weighted by atomic mass is 9.95. The first-order chi connectivity index (χ1) is 8.63. The molecule has 0 bridgehead atoms. The number of nitrogens with one attached hydrogen (secondary N) is 1.